The standard InChI is InChI=1S/C13H9Cl3N2O2/c14-8-2-1-3-9(15)12(8)18-11-7(13(19)20)4-6(17)5-10(11)16/h1-5,18H,17H2,(H,19,20). The van der Waals surface area contributed by atoms with Gasteiger partial charge in [-0.3, -0.25) is 0 Å². The van der Waals surface area contributed by atoms with Crippen LogP contribution in [-0.4, -0.2) is 11.1 Å². The molecule has 0 bridgehead atoms. The lowest BCUT2D eigenvalue weighted by Crippen LogP contribution is -2.05. The third-order valence-electron chi connectivity index (χ3n) is 2.56. The molecule has 0 saturated heterocycles. The van der Waals surface area contributed by atoms with Crippen molar-refractivity contribution in [2.24, 2.45) is 0 Å². The number of anilines is 3. The summed E-state index contributed by atoms with van der Waals surface area (Å²) in [5.74, 6) is -1.16. The topological polar surface area (TPSA) is 75.3 Å². The molecule has 0 radical (unpaired) electrons. The lowest BCUT2D eigenvalue weighted by molar-refractivity contribution is 0.0698. The zero-order valence-corrected chi connectivity index (χ0v) is 12.2. The van der Waals surface area contributed by atoms with Gasteiger partial charge in [0, 0.05) is 5.69 Å². The molecule has 2 rings (SSSR count). The summed E-state index contributed by atoms with van der Waals surface area (Å²) < 4.78 is 0. The summed E-state index contributed by atoms with van der Waals surface area (Å²) in [6, 6.07) is 7.68. The number of hydrogen-bond donors (Lipinski definition) is 3. The Bertz CT molecular complexity index is 669. The Morgan fingerprint density at radius 1 is 1.05 bits per heavy atom. The number of rotatable bonds is 3. The minimum Gasteiger partial charge on any atom is -0.478 e. The minimum atomic E-state index is -1.16. The van der Waals surface area contributed by atoms with Crippen LogP contribution in [0.4, 0.5) is 17.1 Å². The molecule has 0 aliphatic rings. The Morgan fingerprint density at radius 2 is 1.65 bits per heavy atom. The van der Waals surface area contributed by atoms with Crippen LogP contribution in [0.1, 0.15) is 10.4 Å². The Morgan fingerprint density at radius 3 is 2.20 bits per heavy atom. The number of carboxylic acids is 1. The van der Waals surface area contributed by atoms with Crippen molar-refractivity contribution >= 4 is 57.8 Å². The van der Waals surface area contributed by atoms with Gasteiger partial charge in [-0.15, -0.1) is 0 Å². The summed E-state index contributed by atoms with van der Waals surface area (Å²) in [6.45, 7) is 0. The number of nitrogen functional groups attached to an aromatic ring is 1. The summed E-state index contributed by atoms with van der Waals surface area (Å²) in [5.41, 5.74) is 6.34. The fourth-order valence-electron chi connectivity index (χ4n) is 1.67. The molecule has 0 heterocycles. The van der Waals surface area contributed by atoms with E-state index >= 15 is 0 Å². The van der Waals surface area contributed by atoms with Gasteiger partial charge in [0.15, 0.2) is 0 Å². The fourth-order valence-corrected chi connectivity index (χ4v) is 2.43. The minimum absolute atomic E-state index is 0.0639. The molecule has 0 aliphatic carbocycles. The molecule has 0 amide bonds. The van der Waals surface area contributed by atoms with Gasteiger partial charge in [-0.05, 0) is 24.3 Å². The summed E-state index contributed by atoms with van der Waals surface area (Å²) in [4.78, 5) is 11.3. The van der Waals surface area contributed by atoms with Crippen LogP contribution < -0.4 is 11.1 Å². The van der Waals surface area contributed by atoms with E-state index in [9.17, 15) is 9.90 Å². The van der Waals surface area contributed by atoms with Crippen LogP contribution >= 0.6 is 34.8 Å². The number of aromatic carboxylic acids is 1. The van der Waals surface area contributed by atoms with Crippen LogP contribution in [0, 0.1) is 0 Å². The first-order valence-corrected chi connectivity index (χ1v) is 6.57. The number of para-hydroxylation sites is 1. The molecule has 20 heavy (non-hydrogen) atoms. The van der Waals surface area contributed by atoms with E-state index in [1.54, 1.807) is 18.2 Å². The third kappa shape index (κ3) is 2.93. The largest absolute Gasteiger partial charge is 0.478 e. The summed E-state index contributed by atoms with van der Waals surface area (Å²) in [6.07, 6.45) is 0. The normalized spacial score (nSPS) is 10.3. The maximum atomic E-state index is 11.3. The van der Waals surface area contributed by atoms with E-state index in [2.05, 4.69) is 5.32 Å². The van der Waals surface area contributed by atoms with E-state index in [0.29, 0.717) is 15.7 Å². The van der Waals surface area contributed by atoms with Crippen LogP contribution in [0.3, 0.4) is 0 Å². The molecular weight excluding hydrogens is 323 g/mol. The number of nitrogens with two attached hydrogens (primary N) is 1. The van der Waals surface area contributed by atoms with Crippen LogP contribution in [0.15, 0.2) is 30.3 Å². The molecule has 0 atom stereocenters. The summed E-state index contributed by atoms with van der Waals surface area (Å²) in [5, 5.41) is 12.9. The number of hydrogen-bond acceptors (Lipinski definition) is 3. The van der Waals surface area contributed by atoms with Gasteiger partial charge >= 0.3 is 5.97 Å². The van der Waals surface area contributed by atoms with Crippen molar-refractivity contribution in [3.63, 3.8) is 0 Å². The maximum Gasteiger partial charge on any atom is 0.337 e. The van der Waals surface area contributed by atoms with E-state index < -0.39 is 5.97 Å². The smallest absolute Gasteiger partial charge is 0.337 e. The first-order chi connectivity index (χ1) is 9.40. The van der Waals surface area contributed by atoms with Crippen molar-refractivity contribution in [1.29, 1.82) is 0 Å². The van der Waals surface area contributed by atoms with Gasteiger partial charge in [0.2, 0.25) is 0 Å². The Balaban J connectivity index is 2.56. The van der Waals surface area contributed by atoms with Gasteiger partial charge in [-0.2, -0.15) is 0 Å². The highest BCUT2D eigenvalue weighted by Gasteiger charge is 2.17. The van der Waals surface area contributed by atoms with Crippen LogP contribution in [0.2, 0.25) is 15.1 Å². The fraction of sp³-hybridized carbons (Fsp3) is 0. The van der Waals surface area contributed by atoms with Gasteiger partial charge in [0.25, 0.3) is 0 Å². The molecule has 7 heteroatoms. The summed E-state index contributed by atoms with van der Waals surface area (Å²) >= 11 is 18.1. The van der Waals surface area contributed by atoms with Crippen molar-refractivity contribution in [3.05, 3.63) is 51.0 Å². The number of halogens is 3. The van der Waals surface area contributed by atoms with Crippen molar-refractivity contribution in [2.75, 3.05) is 11.1 Å². The van der Waals surface area contributed by atoms with Gasteiger partial charge in [0.1, 0.15) is 0 Å². The SMILES string of the molecule is Nc1cc(Cl)c(Nc2c(Cl)cccc2Cl)c(C(=O)O)c1. The lowest BCUT2D eigenvalue weighted by Gasteiger charge is -2.14. The predicted molar refractivity (Wildman–Crippen MR) is 82.6 cm³/mol. The molecule has 104 valence electrons. The van der Waals surface area contributed by atoms with Gasteiger partial charge in [-0.1, -0.05) is 40.9 Å². The second-order valence-electron chi connectivity index (χ2n) is 3.95. The van der Waals surface area contributed by atoms with E-state index in [1.165, 1.54) is 12.1 Å². The second-order valence-corrected chi connectivity index (χ2v) is 5.17. The number of benzene rings is 2. The van der Waals surface area contributed by atoms with Crippen LogP contribution in [-0.2, 0) is 0 Å². The van der Waals surface area contributed by atoms with Gasteiger partial charge in [-0.25, -0.2) is 4.79 Å². The Labute approximate surface area is 130 Å². The molecule has 0 saturated carbocycles. The zero-order valence-electron chi connectivity index (χ0n) is 9.95. The molecule has 0 spiro atoms. The molecule has 2 aromatic carbocycles. The Hall–Kier alpha value is -1.62. The van der Waals surface area contributed by atoms with Crippen molar-refractivity contribution in [1.82, 2.24) is 0 Å². The first kappa shape index (κ1) is 14.8. The van der Waals surface area contributed by atoms with E-state index in [4.69, 9.17) is 40.5 Å². The molecular formula is C13H9Cl3N2O2. The summed E-state index contributed by atoms with van der Waals surface area (Å²) in [7, 11) is 0. The van der Waals surface area contributed by atoms with Gasteiger partial charge in [0.05, 0.1) is 32.0 Å². The van der Waals surface area contributed by atoms with Crippen molar-refractivity contribution < 1.29 is 9.90 Å². The Kier molecular flexibility index (Phi) is 4.28. The van der Waals surface area contributed by atoms with Crippen molar-refractivity contribution in [3.8, 4) is 0 Å². The monoisotopic (exact) mass is 330 g/mol. The maximum absolute atomic E-state index is 11.3. The van der Waals surface area contributed by atoms with Crippen molar-refractivity contribution in [2.45, 2.75) is 0 Å². The third-order valence-corrected chi connectivity index (χ3v) is 3.48. The molecule has 0 aliphatic heterocycles. The lowest BCUT2D eigenvalue weighted by atomic mass is 10.1. The number of carbonyl (C=O) groups is 1. The molecule has 0 aromatic heterocycles. The van der Waals surface area contributed by atoms with Gasteiger partial charge < -0.3 is 16.2 Å². The molecule has 4 N–H and O–H groups in total. The number of nitrogens with one attached hydrogen (secondary N) is 1. The highest BCUT2D eigenvalue weighted by Crippen LogP contribution is 2.37. The first-order valence-electron chi connectivity index (χ1n) is 5.43. The predicted octanol–water partition coefficient (Wildman–Crippen LogP) is 4.67. The average Bonchev–Trinajstić information content (AvgIpc) is 2.35. The highest BCUT2D eigenvalue weighted by atomic mass is 35.5. The molecule has 2 aromatic rings. The van der Waals surface area contributed by atoms with E-state index in [1.807, 2.05) is 0 Å². The number of carboxylic acid groups (broad SMARTS) is 1. The molecule has 0 unspecified atom stereocenters. The quantitative estimate of drug-likeness (QED) is 0.714. The van der Waals surface area contributed by atoms with E-state index in [-0.39, 0.29) is 22.0 Å². The second kappa shape index (κ2) is 5.79. The van der Waals surface area contributed by atoms with Crippen LogP contribution in [0.5, 0.6) is 0 Å². The molecule has 4 nitrogen and oxygen atoms in total. The molecule has 0 fully saturated rings. The van der Waals surface area contributed by atoms with E-state index in [0.717, 1.165) is 0 Å². The highest BCUT2D eigenvalue weighted by molar-refractivity contribution is 6.40. The van der Waals surface area contributed by atoms with Crippen LogP contribution in [0.25, 0.3) is 0 Å². The average molecular weight is 332 g/mol. The zero-order chi connectivity index (χ0) is 14.9.